The van der Waals surface area contributed by atoms with Crippen molar-refractivity contribution in [2.45, 2.75) is 19.4 Å². The molecule has 0 unspecified atom stereocenters. The number of carbonyl (C=O) groups excluding carboxylic acids is 2. The molecule has 3 aromatic heterocycles. The molecule has 38 heavy (non-hydrogen) atoms. The fourth-order valence-electron chi connectivity index (χ4n) is 4.53. The summed E-state index contributed by atoms with van der Waals surface area (Å²) in [5.41, 5.74) is 6.21. The Balaban J connectivity index is 1.52. The van der Waals surface area contributed by atoms with Crippen molar-refractivity contribution in [3.63, 3.8) is 0 Å². The molecule has 0 atom stereocenters. The van der Waals surface area contributed by atoms with Gasteiger partial charge in [0.2, 0.25) is 5.91 Å². The Bertz CT molecular complexity index is 1660. The average Bonchev–Trinajstić information content (AvgIpc) is 3.53. The summed E-state index contributed by atoms with van der Waals surface area (Å²) in [5, 5.41) is 13.3. The number of nitrogens with one attached hydrogen (secondary N) is 1. The second-order valence-electron chi connectivity index (χ2n) is 9.01. The van der Waals surface area contributed by atoms with E-state index >= 15 is 0 Å². The van der Waals surface area contributed by atoms with Crippen LogP contribution in [0.2, 0.25) is 10.0 Å². The van der Waals surface area contributed by atoms with Gasteiger partial charge in [0, 0.05) is 38.0 Å². The van der Waals surface area contributed by atoms with Gasteiger partial charge in [-0.3, -0.25) is 14.4 Å². The number of nitrogens with two attached hydrogens (primary N) is 1. The van der Waals surface area contributed by atoms with Crippen molar-refractivity contribution in [3.05, 3.63) is 62.9 Å². The minimum absolute atomic E-state index is 0.114. The van der Waals surface area contributed by atoms with Gasteiger partial charge in [-0.2, -0.15) is 0 Å². The highest BCUT2D eigenvalue weighted by Gasteiger charge is 2.22. The van der Waals surface area contributed by atoms with Crippen LogP contribution in [0.5, 0.6) is 5.75 Å². The summed E-state index contributed by atoms with van der Waals surface area (Å²) in [5.74, 6) is -1.02. The number of primary amides is 1. The first kappa shape index (κ1) is 25.6. The van der Waals surface area contributed by atoms with Gasteiger partial charge in [-0.1, -0.05) is 23.2 Å². The van der Waals surface area contributed by atoms with Crippen LogP contribution in [0.4, 0.5) is 11.5 Å². The number of halogens is 2. The number of phenols is 1. The molecule has 1 saturated heterocycles. The summed E-state index contributed by atoms with van der Waals surface area (Å²) in [4.78, 5) is 48.9. The van der Waals surface area contributed by atoms with E-state index in [2.05, 4.69) is 20.2 Å². The number of nitrogens with zero attached hydrogens (tertiary/aromatic N) is 5. The van der Waals surface area contributed by atoms with Gasteiger partial charge >= 0.3 is 0 Å². The van der Waals surface area contributed by atoms with Crippen LogP contribution in [0.25, 0.3) is 22.2 Å². The van der Waals surface area contributed by atoms with Crippen LogP contribution in [0.3, 0.4) is 0 Å². The molecule has 13 heteroatoms. The molecule has 4 heterocycles. The van der Waals surface area contributed by atoms with Gasteiger partial charge in [0.15, 0.2) is 0 Å². The molecule has 11 nitrogen and oxygen atoms in total. The van der Waals surface area contributed by atoms with E-state index in [1.165, 1.54) is 33.8 Å². The van der Waals surface area contributed by atoms with Crippen molar-refractivity contribution in [2.75, 3.05) is 23.3 Å². The molecule has 4 aromatic rings. The summed E-state index contributed by atoms with van der Waals surface area (Å²) in [6.45, 7) is 1.59. The first-order valence-electron chi connectivity index (χ1n) is 11.7. The number of anilines is 2. The van der Waals surface area contributed by atoms with Crippen LogP contribution in [-0.4, -0.2) is 49.1 Å². The number of aromatic nitrogens is 4. The van der Waals surface area contributed by atoms with Crippen molar-refractivity contribution >= 4 is 57.6 Å². The van der Waals surface area contributed by atoms with Gasteiger partial charge in [-0.15, -0.1) is 0 Å². The molecule has 4 N–H and O–H groups in total. The normalized spacial score (nSPS) is 13.3. The van der Waals surface area contributed by atoms with E-state index in [0.717, 1.165) is 31.7 Å². The van der Waals surface area contributed by atoms with Crippen LogP contribution in [-0.2, 0) is 18.4 Å². The van der Waals surface area contributed by atoms with Crippen LogP contribution >= 0.6 is 23.2 Å². The standard InChI is InChI=1S/C25H23Cl2N7O4/c1-32-12-30-24-21(25(32)38)15(13-6-14(23(28)37)22(36)16(26)7-13)10-34(24)11-20(35)31-18-8-19(29-9-17(18)27)33-4-2-3-5-33/h6-10,12,36H,2-5,11H2,1H3,(H2,28,37)(H,29,31,35). The summed E-state index contributed by atoms with van der Waals surface area (Å²) in [7, 11) is 1.55. The smallest absolute Gasteiger partial charge is 0.263 e. The first-order valence-corrected chi connectivity index (χ1v) is 12.5. The maximum absolute atomic E-state index is 13.1. The van der Waals surface area contributed by atoms with Gasteiger partial charge in [0.1, 0.15) is 23.8 Å². The SMILES string of the molecule is Cn1cnc2c(c(-c3cc(Cl)c(O)c(C(N)=O)c3)cn2CC(=O)Nc2cc(N3CCCC3)ncc2Cl)c1=O. The second kappa shape index (κ2) is 9.99. The summed E-state index contributed by atoms with van der Waals surface area (Å²) < 4.78 is 2.81. The Morgan fingerprint density at radius 2 is 1.87 bits per heavy atom. The summed E-state index contributed by atoms with van der Waals surface area (Å²) >= 11 is 12.4. The van der Waals surface area contributed by atoms with E-state index in [1.807, 2.05) is 0 Å². The predicted octanol–water partition coefficient (Wildman–Crippen LogP) is 3.15. The molecule has 0 saturated carbocycles. The lowest BCUT2D eigenvalue weighted by Crippen LogP contribution is -2.22. The molecule has 5 rings (SSSR count). The highest BCUT2D eigenvalue weighted by Crippen LogP contribution is 2.36. The highest BCUT2D eigenvalue weighted by molar-refractivity contribution is 6.34. The van der Waals surface area contributed by atoms with Crippen LogP contribution in [0.15, 0.2) is 41.7 Å². The lowest BCUT2D eigenvalue weighted by molar-refractivity contribution is -0.116. The van der Waals surface area contributed by atoms with Crippen molar-refractivity contribution in [2.24, 2.45) is 12.8 Å². The maximum atomic E-state index is 13.1. The third-order valence-corrected chi connectivity index (χ3v) is 7.03. The van der Waals surface area contributed by atoms with Gasteiger partial charge in [0.25, 0.3) is 11.5 Å². The molecular weight excluding hydrogens is 533 g/mol. The summed E-state index contributed by atoms with van der Waals surface area (Å²) in [6.07, 6.45) is 6.58. The van der Waals surface area contributed by atoms with E-state index in [0.29, 0.717) is 21.8 Å². The first-order chi connectivity index (χ1) is 18.1. The number of hydrogen-bond acceptors (Lipinski definition) is 7. The average molecular weight is 556 g/mol. The van der Waals surface area contributed by atoms with Gasteiger partial charge < -0.3 is 30.2 Å². The fourth-order valence-corrected chi connectivity index (χ4v) is 4.90. The highest BCUT2D eigenvalue weighted by atomic mass is 35.5. The molecule has 1 fully saturated rings. The number of pyridine rings is 1. The maximum Gasteiger partial charge on any atom is 0.263 e. The zero-order chi connectivity index (χ0) is 27.1. The minimum Gasteiger partial charge on any atom is -0.506 e. The van der Waals surface area contributed by atoms with Crippen molar-refractivity contribution in [3.8, 4) is 16.9 Å². The lowest BCUT2D eigenvalue weighted by atomic mass is 10.0. The molecule has 0 aliphatic carbocycles. The van der Waals surface area contributed by atoms with Crippen LogP contribution in [0, 0.1) is 0 Å². The molecule has 0 spiro atoms. The van der Waals surface area contributed by atoms with Crippen molar-refractivity contribution in [1.29, 1.82) is 0 Å². The Morgan fingerprint density at radius 1 is 1.13 bits per heavy atom. The van der Waals surface area contributed by atoms with Gasteiger partial charge in [-0.25, -0.2) is 9.97 Å². The summed E-state index contributed by atoms with van der Waals surface area (Å²) in [6, 6.07) is 4.49. The minimum atomic E-state index is -0.886. The number of amides is 2. The Kier molecular flexibility index (Phi) is 6.72. The molecule has 1 aliphatic rings. The number of benzene rings is 1. The van der Waals surface area contributed by atoms with E-state index in [9.17, 15) is 19.5 Å². The zero-order valence-electron chi connectivity index (χ0n) is 20.2. The third kappa shape index (κ3) is 4.66. The second-order valence-corrected chi connectivity index (χ2v) is 9.83. The predicted molar refractivity (Wildman–Crippen MR) is 145 cm³/mol. The largest absolute Gasteiger partial charge is 0.506 e. The number of carbonyl (C=O) groups is 2. The Morgan fingerprint density at radius 3 is 2.58 bits per heavy atom. The molecule has 1 aliphatic heterocycles. The third-order valence-electron chi connectivity index (χ3n) is 6.44. The van der Waals surface area contributed by atoms with Crippen LogP contribution < -0.4 is 21.5 Å². The number of rotatable bonds is 6. The number of aryl methyl sites for hydroxylation is 1. The molecule has 0 radical (unpaired) electrons. The van der Waals surface area contributed by atoms with E-state index in [-0.39, 0.29) is 33.7 Å². The van der Waals surface area contributed by atoms with E-state index < -0.39 is 17.6 Å². The molecular formula is C25H23Cl2N7O4. The Hall–Kier alpha value is -4.09. The molecule has 2 amide bonds. The number of hydrogen-bond donors (Lipinski definition) is 3. The van der Waals surface area contributed by atoms with Crippen LogP contribution in [0.1, 0.15) is 23.2 Å². The Labute approximate surface area is 226 Å². The zero-order valence-corrected chi connectivity index (χ0v) is 21.8. The molecule has 1 aromatic carbocycles. The molecule has 196 valence electrons. The van der Waals surface area contributed by atoms with E-state index in [1.54, 1.807) is 19.3 Å². The van der Waals surface area contributed by atoms with Crippen molar-refractivity contribution < 1.29 is 14.7 Å². The van der Waals surface area contributed by atoms with Gasteiger partial charge in [0.05, 0.1) is 39.2 Å². The number of fused-ring (bicyclic) bond motifs is 1. The fraction of sp³-hybridized carbons (Fsp3) is 0.240. The monoisotopic (exact) mass is 555 g/mol. The molecule has 0 bridgehead atoms. The van der Waals surface area contributed by atoms with E-state index in [4.69, 9.17) is 28.9 Å². The lowest BCUT2D eigenvalue weighted by Gasteiger charge is -2.18. The quantitative estimate of drug-likeness (QED) is 0.331. The number of aromatic hydroxyl groups is 1. The van der Waals surface area contributed by atoms with Gasteiger partial charge in [-0.05, 0) is 30.5 Å². The topological polar surface area (TPSA) is 148 Å². The van der Waals surface area contributed by atoms with Crippen molar-refractivity contribution in [1.82, 2.24) is 19.1 Å².